The number of ether oxygens (including phenoxy) is 2. The second kappa shape index (κ2) is 13.3. The Hall–Kier alpha value is -3.45. The third-order valence-electron chi connectivity index (χ3n) is 5.18. The molecule has 0 saturated carbocycles. The van der Waals surface area contributed by atoms with Gasteiger partial charge in [0.05, 0.1) is 25.5 Å². The van der Waals surface area contributed by atoms with Gasteiger partial charge in [0.1, 0.15) is 0 Å². The van der Waals surface area contributed by atoms with Crippen LogP contribution in [0.15, 0.2) is 72.8 Å². The first-order chi connectivity index (χ1) is 16.6. The predicted molar refractivity (Wildman–Crippen MR) is 138 cm³/mol. The standard InChI is InChI=1S/C27H30N2O4S/c1-32-24-13-12-20(18-25(24)33-2)14-16-28-27(31)22-10-6-7-11-23(22)29-26(30)15-17-34-19-21-8-4-3-5-9-21/h3-13,18H,14-17,19H2,1-2H3,(H,28,31)(H,29,30). The van der Waals surface area contributed by atoms with Crippen LogP contribution in [-0.4, -0.2) is 38.3 Å². The van der Waals surface area contributed by atoms with Gasteiger partial charge < -0.3 is 20.1 Å². The van der Waals surface area contributed by atoms with E-state index in [0.717, 1.165) is 11.3 Å². The molecule has 34 heavy (non-hydrogen) atoms. The quantitative estimate of drug-likeness (QED) is 0.361. The first kappa shape index (κ1) is 25.2. The molecule has 0 aliphatic rings. The molecule has 0 aliphatic heterocycles. The fourth-order valence-corrected chi connectivity index (χ4v) is 4.29. The number of para-hydroxylation sites is 1. The van der Waals surface area contributed by atoms with E-state index in [-0.39, 0.29) is 11.8 Å². The average Bonchev–Trinajstić information content (AvgIpc) is 2.87. The molecule has 0 saturated heterocycles. The van der Waals surface area contributed by atoms with Gasteiger partial charge in [-0.2, -0.15) is 11.8 Å². The average molecular weight is 479 g/mol. The first-order valence-corrected chi connectivity index (χ1v) is 12.3. The van der Waals surface area contributed by atoms with Crippen LogP contribution in [-0.2, 0) is 17.0 Å². The van der Waals surface area contributed by atoms with E-state index in [1.807, 2.05) is 36.4 Å². The van der Waals surface area contributed by atoms with E-state index in [2.05, 4.69) is 22.8 Å². The molecule has 0 aromatic heterocycles. The summed E-state index contributed by atoms with van der Waals surface area (Å²) in [7, 11) is 3.19. The maximum Gasteiger partial charge on any atom is 0.253 e. The van der Waals surface area contributed by atoms with Crippen molar-refractivity contribution in [2.45, 2.75) is 18.6 Å². The monoisotopic (exact) mass is 478 g/mol. The van der Waals surface area contributed by atoms with E-state index in [4.69, 9.17) is 9.47 Å². The third kappa shape index (κ3) is 7.56. The Kier molecular flexibility index (Phi) is 9.85. The molecule has 3 aromatic carbocycles. The number of methoxy groups -OCH3 is 2. The Morgan fingerprint density at radius 3 is 2.35 bits per heavy atom. The van der Waals surface area contributed by atoms with Gasteiger partial charge in [0.15, 0.2) is 11.5 Å². The van der Waals surface area contributed by atoms with E-state index in [1.54, 1.807) is 50.2 Å². The number of rotatable bonds is 12. The highest BCUT2D eigenvalue weighted by Crippen LogP contribution is 2.27. The van der Waals surface area contributed by atoms with E-state index in [0.29, 0.717) is 47.9 Å². The molecule has 0 bridgehead atoms. The lowest BCUT2D eigenvalue weighted by atomic mass is 10.1. The zero-order chi connectivity index (χ0) is 24.2. The maximum absolute atomic E-state index is 12.8. The number of carbonyl (C=O) groups excluding carboxylic acids is 2. The molecule has 6 nitrogen and oxygen atoms in total. The summed E-state index contributed by atoms with van der Waals surface area (Å²) in [5.41, 5.74) is 3.22. The summed E-state index contributed by atoms with van der Waals surface area (Å²) >= 11 is 1.71. The van der Waals surface area contributed by atoms with Crippen LogP contribution >= 0.6 is 11.8 Å². The van der Waals surface area contributed by atoms with Gasteiger partial charge in [-0.3, -0.25) is 9.59 Å². The molecule has 0 fully saturated rings. The first-order valence-electron chi connectivity index (χ1n) is 11.1. The SMILES string of the molecule is COc1ccc(CCNC(=O)c2ccccc2NC(=O)CCSCc2ccccc2)cc1OC. The van der Waals surface area contributed by atoms with Gasteiger partial charge in [-0.25, -0.2) is 0 Å². The van der Waals surface area contributed by atoms with Crippen LogP contribution in [0.3, 0.4) is 0 Å². The van der Waals surface area contributed by atoms with Crippen LogP contribution in [0.5, 0.6) is 11.5 Å². The molecule has 0 radical (unpaired) electrons. The number of hydrogen-bond donors (Lipinski definition) is 2. The Morgan fingerprint density at radius 2 is 1.59 bits per heavy atom. The minimum Gasteiger partial charge on any atom is -0.493 e. The number of carbonyl (C=O) groups is 2. The summed E-state index contributed by atoms with van der Waals surface area (Å²) in [6.07, 6.45) is 1.02. The summed E-state index contributed by atoms with van der Waals surface area (Å²) in [5.74, 6) is 2.56. The second-order valence-electron chi connectivity index (χ2n) is 7.58. The molecule has 178 valence electrons. The lowest BCUT2D eigenvalue weighted by Gasteiger charge is -2.12. The predicted octanol–water partition coefficient (Wildman–Crippen LogP) is 4.94. The summed E-state index contributed by atoms with van der Waals surface area (Å²) in [6, 6.07) is 22.9. The van der Waals surface area contributed by atoms with Gasteiger partial charge >= 0.3 is 0 Å². The van der Waals surface area contributed by atoms with Gasteiger partial charge in [0.25, 0.3) is 5.91 Å². The molecule has 0 heterocycles. The second-order valence-corrected chi connectivity index (χ2v) is 8.68. The van der Waals surface area contributed by atoms with Crippen LogP contribution in [0.4, 0.5) is 5.69 Å². The Bertz CT molecular complexity index is 1090. The smallest absolute Gasteiger partial charge is 0.253 e. The van der Waals surface area contributed by atoms with Crippen molar-refractivity contribution in [1.82, 2.24) is 5.32 Å². The van der Waals surface area contributed by atoms with Crippen molar-refractivity contribution in [2.75, 3.05) is 31.8 Å². The highest BCUT2D eigenvalue weighted by molar-refractivity contribution is 7.98. The van der Waals surface area contributed by atoms with Crippen molar-refractivity contribution in [1.29, 1.82) is 0 Å². The zero-order valence-corrected chi connectivity index (χ0v) is 20.3. The number of benzene rings is 3. The van der Waals surface area contributed by atoms with Crippen LogP contribution in [0.1, 0.15) is 27.9 Å². The minimum atomic E-state index is -0.227. The molecule has 0 atom stereocenters. The summed E-state index contributed by atoms with van der Waals surface area (Å²) in [4.78, 5) is 25.2. The largest absolute Gasteiger partial charge is 0.493 e. The van der Waals surface area contributed by atoms with Crippen molar-refractivity contribution in [3.63, 3.8) is 0 Å². The number of hydrogen-bond acceptors (Lipinski definition) is 5. The lowest BCUT2D eigenvalue weighted by molar-refractivity contribution is -0.115. The van der Waals surface area contributed by atoms with Crippen LogP contribution in [0, 0.1) is 0 Å². The van der Waals surface area contributed by atoms with E-state index in [9.17, 15) is 9.59 Å². The topological polar surface area (TPSA) is 76.7 Å². The molecule has 0 unspecified atom stereocenters. The molecule has 2 amide bonds. The van der Waals surface area contributed by atoms with Crippen molar-refractivity contribution in [3.8, 4) is 11.5 Å². The van der Waals surface area contributed by atoms with Crippen molar-refractivity contribution in [2.24, 2.45) is 0 Å². The molecular formula is C27H30N2O4S. The van der Waals surface area contributed by atoms with Gasteiger partial charge in [-0.1, -0.05) is 48.5 Å². The van der Waals surface area contributed by atoms with Crippen molar-refractivity contribution in [3.05, 3.63) is 89.5 Å². The Morgan fingerprint density at radius 1 is 0.853 bits per heavy atom. The molecule has 3 aromatic rings. The highest BCUT2D eigenvalue weighted by Gasteiger charge is 2.13. The minimum absolute atomic E-state index is 0.105. The van der Waals surface area contributed by atoms with Crippen LogP contribution in [0.25, 0.3) is 0 Å². The number of thioether (sulfide) groups is 1. The summed E-state index contributed by atoms with van der Waals surface area (Å²) in [6.45, 7) is 0.451. The van der Waals surface area contributed by atoms with E-state index < -0.39 is 0 Å². The molecule has 2 N–H and O–H groups in total. The maximum atomic E-state index is 12.8. The Balaban J connectivity index is 1.47. The normalized spacial score (nSPS) is 10.4. The number of anilines is 1. The van der Waals surface area contributed by atoms with Crippen LogP contribution in [0.2, 0.25) is 0 Å². The molecule has 7 heteroatoms. The summed E-state index contributed by atoms with van der Waals surface area (Å²) < 4.78 is 10.6. The summed E-state index contributed by atoms with van der Waals surface area (Å²) in [5, 5.41) is 5.81. The third-order valence-corrected chi connectivity index (χ3v) is 6.21. The van der Waals surface area contributed by atoms with Gasteiger partial charge in [0, 0.05) is 24.5 Å². The zero-order valence-electron chi connectivity index (χ0n) is 19.5. The van der Waals surface area contributed by atoms with E-state index in [1.165, 1.54) is 5.56 Å². The van der Waals surface area contributed by atoms with E-state index >= 15 is 0 Å². The molecule has 0 aliphatic carbocycles. The Labute approximate surface area is 205 Å². The molecule has 0 spiro atoms. The number of nitrogens with one attached hydrogen (secondary N) is 2. The lowest BCUT2D eigenvalue weighted by Crippen LogP contribution is -2.27. The molecule has 3 rings (SSSR count). The number of amides is 2. The van der Waals surface area contributed by atoms with Crippen molar-refractivity contribution < 1.29 is 19.1 Å². The fourth-order valence-electron chi connectivity index (χ4n) is 3.38. The highest BCUT2D eigenvalue weighted by atomic mass is 32.2. The van der Waals surface area contributed by atoms with Gasteiger partial charge in [0.2, 0.25) is 5.91 Å². The fraction of sp³-hybridized carbons (Fsp3) is 0.259. The molecular weight excluding hydrogens is 448 g/mol. The van der Waals surface area contributed by atoms with Gasteiger partial charge in [-0.15, -0.1) is 0 Å². The van der Waals surface area contributed by atoms with Crippen LogP contribution < -0.4 is 20.1 Å². The van der Waals surface area contributed by atoms with Gasteiger partial charge in [-0.05, 0) is 41.8 Å². The van der Waals surface area contributed by atoms with Crippen molar-refractivity contribution >= 4 is 29.3 Å².